The van der Waals surface area contributed by atoms with Crippen LogP contribution in [0.15, 0.2) is 84.1 Å². The van der Waals surface area contributed by atoms with E-state index in [1.807, 2.05) is 6.07 Å². The van der Waals surface area contributed by atoms with Crippen molar-refractivity contribution in [3.63, 3.8) is 0 Å². The molecular formula is C23H20ClN5O4S. The molecule has 2 aromatic heterocycles. The van der Waals surface area contributed by atoms with Crippen LogP contribution in [0.25, 0.3) is 5.82 Å². The van der Waals surface area contributed by atoms with Gasteiger partial charge in [0.15, 0.2) is 5.82 Å². The van der Waals surface area contributed by atoms with Crippen LogP contribution in [-0.2, 0) is 16.6 Å². The van der Waals surface area contributed by atoms with Crippen LogP contribution in [0, 0.1) is 0 Å². The Bertz CT molecular complexity index is 1410. The summed E-state index contributed by atoms with van der Waals surface area (Å²) in [7, 11) is -2.58. The number of nitrogens with one attached hydrogen (secondary N) is 2. The number of anilines is 1. The van der Waals surface area contributed by atoms with Crippen LogP contribution < -0.4 is 14.8 Å². The van der Waals surface area contributed by atoms with Crippen molar-refractivity contribution < 1.29 is 17.9 Å². The molecule has 4 rings (SSSR count). The number of halogens is 1. The summed E-state index contributed by atoms with van der Waals surface area (Å²) in [5.74, 6) is 0.546. The number of carbonyl (C=O) groups excluding carboxylic acids is 1. The van der Waals surface area contributed by atoms with Crippen molar-refractivity contribution >= 4 is 33.2 Å². The van der Waals surface area contributed by atoms with Crippen molar-refractivity contribution in [1.29, 1.82) is 0 Å². The quantitative estimate of drug-likeness (QED) is 0.384. The van der Waals surface area contributed by atoms with Gasteiger partial charge in [-0.25, -0.2) is 18.1 Å². The number of sulfonamides is 1. The molecule has 2 N–H and O–H groups in total. The Morgan fingerprint density at radius 3 is 2.68 bits per heavy atom. The number of pyridine rings is 1. The first-order valence-corrected chi connectivity index (χ1v) is 11.9. The Labute approximate surface area is 201 Å². The molecule has 0 aliphatic rings. The summed E-state index contributed by atoms with van der Waals surface area (Å²) in [6, 6.07) is 15.7. The molecule has 0 unspecified atom stereocenters. The average molecular weight is 498 g/mol. The normalized spacial score (nSPS) is 11.1. The molecule has 0 fully saturated rings. The van der Waals surface area contributed by atoms with Crippen molar-refractivity contribution in [3.05, 3.63) is 95.4 Å². The smallest absolute Gasteiger partial charge is 0.262 e. The number of hydrogen-bond donors (Lipinski definition) is 2. The maximum absolute atomic E-state index is 12.9. The number of benzene rings is 2. The molecule has 11 heteroatoms. The van der Waals surface area contributed by atoms with E-state index in [0.29, 0.717) is 16.6 Å². The molecule has 9 nitrogen and oxygen atoms in total. The average Bonchev–Trinajstić information content (AvgIpc) is 3.38. The Morgan fingerprint density at radius 2 is 1.97 bits per heavy atom. The number of methoxy groups -OCH3 is 1. The predicted molar refractivity (Wildman–Crippen MR) is 128 cm³/mol. The van der Waals surface area contributed by atoms with Gasteiger partial charge >= 0.3 is 0 Å². The molecule has 4 aromatic rings. The van der Waals surface area contributed by atoms with Crippen LogP contribution in [0.4, 0.5) is 5.69 Å². The van der Waals surface area contributed by atoms with E-state index in [9.17, 15) is 13.2 Å². The van der Waals surface area contributed by atoms with Crippen molar-refractivity contribution in [2.75, 3.05) is 11.8 Å². The third-order valence-corrected chi connectivity index (χ3v) is 6.41. The van der Waals surface area contributed by atoms with Gasteiger partial charge in [-0.05, 0) is 54.1 Å². The van der Waals surface area contributed by atoms with Crippen LogP contribution >= 0.6 is 11.6 Å². The summed E-state index contributed by atoms with van der Waals surface area (Å²) in [5, 5.41) is 7.23. The van der Waals surface area contributed by atoms with Crippen molar-refractivity contribution in [2.45, 2.75) is 11.4 Å². The highest BCUT2D eigenvalue weighted by molar-refractivity contribution is 7.92. The van der Waals surface area contributed by atoms with Gasteiger partial charge in [-0.3, -0.25) is 9.52 Å². The largest absolute Gasteiger partial charge is 0.495 e. The first-order valence-electron chi connectivity index (χ1n) is 10.1. The Hall–Kier alpha value is -3.89. The molecule has 2 aromatic carbocycles. The molecule has 1 amide bonds. The molecule has 174 valence electrons. The van der Waals surface area contributed by atoms with Crippen LogP contribution in [0.2, 0.25) is 5.02 Å². The summed E-state index contributed by atoms with van der Waals surface area (Å²) in [4.78, 5) is 16.9. The van der Waals surface area contributed by atoms with Crippen molar-refractivity contribution in [1.82, 2.24) is 20.1 Å². The maximum atomic E-state index is 12.9. The zero-order chi connectivity index (χ0) is 24.1. The lowest BCUT2D eigenvalue weighted by atomic mass is 10.2. The first kappa shape index (κ1) is 23.3. The molecule has 0 bridgehead atoms. The fourth-order valence-electron chi connectivity index (χ4n) is 3.11. The second-order valence-corrected chi connectivity index (χ2v) is 9.25. The monoisotopic (exact) mass is 497 g/mol. The van der Waals surface area contributed by atoms with Crippen LogP contribution in [0.3, 0.4) is 0 Å². The highest BCUT2D eigenvalue weighted by atomic mass is 35.5. The second-order valence-electron chi connectivity index (χ2n) is 7.14. The molecule has 34 heavy (non-hydrogen) atoms. The highest BCUT2D eigenvalue weighted by Crippen LogP contribution is 2.30. The third-order valence-electron chi connectivity index (χ3n) is 4.81. The lowest BCUT2D eigenvalue weighted by molar-refractivity contribution is 0.0950. The molecular weight excluding hydrogens is 478 g/mol. The number of ether oxygens (including phenoxy) is 1. The van der Waals surface area contributed by atoms with Crippen LogP contribution in [0.1, 0.15) is 15.9 Å². The zero-order valence-electron chi connectivity index (χ0n) is 18.0. The predicted octanol–water partition coefficient (Wildman–Crippen LogP) is 3.66. The summed E-state index contributed by atoms with van der Waals surface area (Å²) < 4.78 is 35.1. The fourth-order valence-corrected chi connectivity index (χ4v) is 4.39. The van der Waals surface area contributed by atoms with Crippen molar-refractivity contribution in [3.8, 4) is 11.6 Å². The molecule has 0 aliphatic carbocycles. The minimum atomic E-state index is -4.00. The molecule has 0 aliphatic heterocycles. The number of hydrogen-bond acceptors (Lipinski definition) is 6. The summed E-state index contributed by atoms with van der Waals surface area (Å²) in [6.07, 6.45) is 5.08. The molecule has 2 heterocycles. The second kappa shape index (κ2) is 9.94. The minimum absolute atomic E-state index is 0.0765. The van der Waals surface area contributed by atoms with Gasteiger partial charge in [0.25, 0.3) is 15.9 Å². The van der Waals surface area contributed by atoms with Gasteiger partial charge in [0.05, 0.1) is 17.7 Å². The number of rotatable bonds is 8. The van der Waals surface area contributed by atoms with E-state index in [4.69, 9.17) is 16.3 Å². The lowest BCUT2D eigenvalue weighted by Gasteiger charge is -2.13. The number of carbonyl (C=O) groups is 1. The van der Waals surface area contributed by atoms with Gasteiger partial charge in [-0.2, -0.15) is 5.10 Å². The fraction of sp³-hybridized carbons (Fsp3) is 0.0870. The van der Waals surface area contributed by atoms with Gasteiger partial charge in [0.1, 0.15) is 5.75 Å². The molecule has 0 atom stereocenters. The first-order chi connectivity index (χ1) is 16.4. The minimum Gasteiger partial charge on any atom is -0.495 e. The molecule has 0 saturated heterocycles. The molecule has 0 spiro atoms. The van der Waals surface area contributed by atoms with E-state index in [1.165, 1.54) is 37.4 Å². The number of nitrogens with zero attached hydrogens (tertiary/aromatic N) is 3. The number of amides is 1. The SMILES string of the molecule is COc1ccc(Cl)cc1NS(=O)(=O)c1cccc(C(=O)NCc2ccc(-n3cccn3)nc2)c1. The maximum Gasteiger partial charge on any atom is 0.262 e. The van der Waals surface area contributed by atoms with E-state index in [1.54, 1.807) is 47.5 Å². The van der Waals surface area contributed by atoms with Crippen molar-refractivity contribution in [2.24, 2.45) is 0 Å². The van der Waals surface area contributed by atoms with Gasteiger partial charge in [0, 0.05) is 35.7 Å². The van der Waals surface area contributed by atoms with E-state index in [2.05, 4.69) is 20.1 Å². The van der Waals surface area contributed by atoms with E-state index in [0.717, 1.165) is 5.56 Å². The van der Waals surface area contributed by atoms with Gasteiger partial charge in [-0.1, -0.05) is 23.7 Å². The zero-order valence-corrected chi connectivity index (χ0v) is 19.5. The van der Waals surface area contributed by atoms with Gasteiger partial charge in [0.2, 0.25) is 0 Å². The summed E-state index contributed by atoms with van der Waals surface area (Å²) in [6.45, 7) is 0.222. The van der Waals surface area contributed by atoms with Gasteiger partial charge < -0.3 is 10.1 Å². The third kappa shape index (κ3) is 5.36. The molecule has 0 saturated carbocycles. The summed E-state index contributed by atoms with van der Waals surface area (Å²) in [5.41, 5.74) is 1.17. The Balaban J connectivity index is 1.45. The number of aromatic nitrogens is 3. The van der Waals surface area contributed by atoms with Gasteiger partial charge in [-0.15, -0.1) is 0 Å². The van der Waals surface area contributed by atoms with E-state index < -0.39 is 15.9 Å². The highest BCUT2D eigenvalue weighted by Gasteiger charge is 2.19. The molecule has 0 radical (unpaired) electrons. The van der Waals surface area contributed by atoms with E-state index >= 15 is 0 Å². The van der Waals surface area contributed by atoms with Crippen LogP contribution in [-0.4, -0.2) is 36.2 Å². The topological polar surface area (TPSA) is 115 Å². The Kier molecular flexibility index (Phi) is 6.80. The standard InChI is InChI=1S/C23H20ClN5O4S/c1-33-21-8-7-18(24)13-20(21)28-34(31,32)19-5-2-4-17(12-19)23(30)26-15-16-6-9-22(25-14-16)29-11-3-10-27-29/h2-14,28H,15H2,1H3,(H,26,30). The Morgan fingerprint density at radius 1 is 1.12 bits per heavy atom. The lowest BCUT2D eigenvalue weighted by Crippen LogP contribution is -2.23. The van der Waals surface area contributed by atoms with E-state index in [-0.39, 0.29) is 22.7 Å². The summed E-state index contributed by atoms with van der Waals surface area (Å²) >= 11 is 5.98. The van der Waals surface area contributed by atoms with Crippen LogP contribution in [0.5, 0.6) is 5.75 Å².